The van der Waals surface area contributed by atoms with Crippen molar-refractivity contribution in [2.45, 2.75) is 45.4 Å². The van der Waals surface area contributed by atoms with E-state index in [1.165, 1.54) is 36.8 Å². The van der Waals surface area contributed by atoms with Gasteiger partial charge in [-0.05, 0) is 43.6 Å². The Labute approximate surface area is 133 Å². The average molecular weight is 308 g/mol. The Hall–Kier alpha value is -1.02. The van der Waals surface area contributed by atoms with Crippen molar-refractivity contribution in [2.75, 3.05) is 12.4 Å². The number of amides is 1. The van der Waals surface area contributed by atoms with Crippen molar-refractivity contribution in [2.24, 2.45) is 11.8 Å². The normalized spacial score (nSPS) is 22.0. The zero-order valence-electron chi connectivity index (χ0n) is 12.9. The Bertz CT molecular complexity index is 443. The molecule has 1 aliphatic carbocycles. The maximum absolute atomic E-state index is 12.0. The summed E-state index contributed by atoms with van der Waals surface area (Å²) in [5.74, 6) is 2.04. The van der Waals surface area contributed by atoms with Gasteiger partial charge < -0.3 is 5.32 Å². The molecule has 2 atom stereocenters. The Morgan fingerprint density at radius 3 is 2.52 bits per heavy atom. The highest BCUT2D eigenvalue weighted by Crippen LogP contribution is 2.30. The number of carbonyl (C=O) groups is 1. The zero-order valence-corrected chi connectivity index (χ0v) is 13.7. The third-order valence-corrected chi connectivity index (χ3v) is 4.98. The van der Waals surface area contributed by atoms with Crippen molar-refractivity contribution in [3.05, 3.63) is 35.4 Å². The van der Waals surface area contributed by atoms with Crippen LogP contribution in [-0.4, -0.2) is 18.3 Å². The fraction of sp³-hybridized carbons (Fsp3) is 0.611. The van der Waals surface area contributed by atoms with Crippen LogP contribution in [0, 0.1) is 18.8 Å². The van der Waals surface area contributed by atoms with Gasteiger partial charge in [0.15, 0.2) is 0 Å². The average Bonchev–Trinajstić information content (AvgIpc) is 2.52. The molecule has 0 heterocycles. The number of aryl methyl sites for hydroxylation is 2. The second-order valence-corrected chi connectivity index (χ2v) is 6.56. The molecule has 0 saturated heterocycles. The maximum Gasteiger partial charge on any atom is 0.220 e. The lowest BCUT2D eigenvalue weighted by molar-refractivity contribution is -0.121. The van der Waals surface area contributed by atoms with E-state index in [0.717, 1.165) is 18.8 Å². The van der Waals surface area contributed by atoms with Crippen LogP contribution in [0.15, 0.2) is 24.3 Å². The summed E-state index contributed by atoms with van der Waals surface area (Å²) in [6.45, 7) is 2.87. The molecule has 1 amide bonds. The van der Waals surface area contributed by atoms with Gasteiger partial charge in [0, 0.05) is 18.8 Å². The third kappa shape index (κ3) is 5.35. The number of benzene rings is 1. The van der Waals surface area contributed by atoms with E-state index < -0.39 is 0 Å². The minimum atomic E-state index is 0.162. The maximum atomic E-state index is 12.0. The van der Waals surface area contributed by atoms with E-state index >= 15 is 0 Å². The van der Waals surface area contributed by atoms with Crippen molar-refractivity contribution in [1.29, 1.82) is 0 Å². The van der Waals surface area contributed by atoms with E-state index in [2.05, 4.69) is 36.5 Å². The molecule has 21 heavy (non-hydrogen) atoms. The van der Waals surface area contributed by atoms with Crippen LogP contribution in [0.3, 0.4) is 0 Å². The van der Waals surface area contributed by atoms with Crippen LogP contribution in [0.1, 0.15) is 43.2 Å². The zero-order chi connectivity index (χ0) is 15.1. The number of hydrogen-bond acceptors (Lipinski definition) is 1. The largest absolute Gasteiger partial charge is 0.356 e. The standard InChI is InChI=1S/C18H26ClNO/c1-14-6-8-15(9-7-14)10-11-18(21)20-13-17-5-3-2-4-16(17)12-19/h6-9,16-17H,2-5,10-13H2,1H3,(H,20,21). The number of carbonyl (C=O) groups excluding carboxylic acids is 1. The van der Waals surface area contributed by atoms with Gasteiger partial charge in [-0.15, -0.1) is 11.6 Å². The molecule has 3 heteroatoms. The minimum absolute atomic E-state index is 0.162. The monoisotopic (exact) mass is 307 g/mol. The van der Waals surface area contributed by atoms with Gasteiger partial charge in [-0.3, -0.25) is 4.79 Å². The molecule has 2 unspecified atom stereocenters. The van der Waals surface area contributed by atoms with Crippen molar-refractivity contribution in [3.8, 4) is 0 Å². The number of halogens is 1. The highest BCUT2D eigenvalue weighted by molar-refractivity contribution is 6.18. The van der Waals surface area contributed by atoms with Crippen LogP contribution >= 0.6 is 11.6 Å². The molecule has 1 saturated carbocycles. The summed E-state index contributed by atoms with van der Waals surface area (Å²) in [6, 6.07) is 8.40. The van der Waals surface area contributed by atoms with Crippen LogP contribution in [-0.2, 0) is 11.2 Å². The lowest BCUT2D eigenvalue weighted by Crippen LogP contribution is -2.35. The predicted octanol–water partition coefficient (Wildman–Crippen LogP) is 4.09. The van der Waals surface area contributed by atoms with E-state index in [1.807, 2.05) is 0 Å². The van der Waals surface area contributed by atoms with Gasteiger partial charge in [0.2, 0.25) is 5.91 Å². The first-order chi connectivity index (χ1) is 10.2. The topological polar surface area (TPSA) is 29.1 Å². The molecular formula is C18H26ClNO. The highest BCUT2D eigenvalue weighted by atomic mass is 35.5. The van der Waals surface area contributed by atoms with E-state index in [1.54, 1.807) is 0 Å². The first-order valence-electron chi connectivity index (χ1n) is 8.07. The number of alkyl halides is 1. The van der Waals surface area contributed by atoms with Crippen molar-refractivity contribution >= 4 is 17.5 Å². The number of hydrogen-bond donors (Lipinski definition) is 1. The molecule has 116 valence electrons. The summed E-state index contributed by atoms with van der Waals surface area (Å²) >= 11 is 6.03. The molecule has 1 N–H and O–H groups in total. The number of rotatable bonds is 6. The van der Waals surface area contributed by atoms with E-state index in [4.69, 9.17) is 11.6 Å². The highest BCUT2D eigenvalue weighted by Gasteiger charge is 2.24. The molecule has 0 aromatic heterocycles. The molecule has 0 spiro atoms. The van der Waals surface area contributed by atoms with Gasteiger partial charge >= 0.3 is 0 Å². The van der Waals surface area contributed by atoms with Crippen LogP contribution < -0.4 is 5.32 Å². The van der Waals surface area contributed by atoms with E-state index in [-0.39, 0.29) is 5.91 Å². The molecule has 1 fully saturated rings. The fourth-order valence-corrected chi connectivity index (χ4v) is 3.51. The molecule has 0 bridgehead atoms. The summed E-state index contributed by atoms with van der Waals surface area (Å²) in [7, 11) is 0. The summed E-state index contributed by atoms with van der Waals surface area (Å²) in [5.41, 5.74) is 2.49. The fourth-order valence-electron chi connectivity index (χ4n) is 3.10. The first-order valence-corrected chi connectivity index (χ1v) is 8.60. The van der Waals surface area contributed by atoms with Gasteiger partial charge in [0.1, 0.15) is 0 Å². The second kappa shape index (κ2) is 8.43. The summed E-state index contributed by atoms with van der Waals surface area (Å²) in [6.07, 6.45) is 6.37. The van der Waals surface area contributed by atoms with Gasteiger partial charge in [-0.2, -0.15) is 0 Å². The Morgan fingerprint density at radius 2 is 1.86 bits per heavy atom. The molecule has 2 rings (SSSR count). The summed E-state index contributed by atoms with van der Waals surface area (Å²) in [5, 5.41) is 3.10. The Morgan fingerprint density at radius 1 is 1.19 bits per heavy atom. The summed E-state index contributed by atoms with van der Waals surface area (Å²) in [4.78, 5) is 12.0. The molecule has 1 aromatic rings. The first kappa shape index (κ1) is 16.4. The minimum Gasteiger partial charge on any atom is -0.356 e. The SMILES string of the molecule is Cc1ccc(CCC(=O)NCC2CCCCC2CCl)cc1. The van der Waals surface area contributed by atoms with Crippen LogP contribution in [0.4, 0.5) is 0 Å². The van der Waals surface area contributed by atoms with E-state index in [0.29, 0.717) is 18.3 Å². The lowest BCUT2D eigenvalue weighted by Gasteiger charge is -2.30. The Kier molecular flexibility index (Phi) is 6.56. The lowest BCUT2D eigenvalue weighted by atomic mass is 9.80. The molecular weight excluding hydrogens is 282 g/mol. The van der Waals surface area contributed by atoms with Crippen molar-refractivity contribution in [1.82, 2.24) is 5.32 Å². The van der Waals surface area contributed by atoms with Gasteiger partial charge in [-0.25, -0.2) is 0 Å². The quantitative estimate of drug-likeness (QED) is 0.788. The van der Waals surface area contributed by atoms with Gasteiger partial charge in [0.05, 0.1) is 0 Å². The van der Waals surface area contributed by atoms with E-state index in [9.17, 15) is 4.79 Å². The van der Waals surface area contributed by atoms with Crippen molar-refractivity contribution in [3.63, 3.8) is 0 Å². The molecule has 1 aromatic carbocycles. The summed E-state index contributed by atoms with van der Waals surface area (Å²) < 4.78 is 0. The molecule has 0 aliphatic heterocycles. The smallest absolute Gasteiger partial charge is 0.220 e. The van der Waals surface area contributed by atoms with Crippen LogP contribution in [0.5, 0.6) is 0 Å². The van der Waals surface area contributed by atoms with Crippen molar-refractivity contribution < 1.29 is 4.79 Å². The third-order valence-electron chi connectivity index (χ3n) is 4.59. The number of nitrogens with one attached hydrogen (secondary N) is 1. The molecule has 2 nitrogen and oxygen atoms in total. The van der Waals surface area contributed by atoms with Gasteiger partial charge in [-0.1, -0.05) is 42.7 Å². The molecule has 0 radical (unpaired) electrons. The van der Waals surface area contributed by atoms with Crippen LogP contribution in [0.25, 0.3) is 0 Å². The van der Waals surface area contributed by atoms with Crippen LogP contribution in [0.2, 0.25) is 0 Å². The second-order valence-electron chi connectivity index (χ2n) is 6.25. The predicted molar refractivity (Wildman–Crippen MR) is 88.7 cm³/mol. The van der Waals surface area contributed by atoms with Gasteiger partial charge in [0.25, 0.3) is 0 Å². The Balaban J connectivity index is 1.70. The molecule has 1 aliphatic rings.